The maximum atomic E-state index is 12.3. The van der Waals surface area contributed by atoms with E-state index in [1.165, 1.54) is 19.1 Å². The average molecular weight is 299 g/mol. The van der Waals surface area contributed by atoms with Gasteiger partial charge in [-0.2, -0.15) is 5.26 Å². The maximum absolute atomic E-state index is 12.3. The first kappa shape index (κ1) is 13.7. The van der Waals surface area contributed by atoms with Crippen LogP contribution in [0.2, 0.25) is 10.0 Å². The van der Waals surface area contributed by atoms with Crippen molar-refractivity contribution in [2.45, 2.75) is 19.0 Å². The molecule has 1 aliphatic heterocycles. The number of benzene rings is 1. The zero-order valence-electron chi connectivity index (χ0n) is 9.72. The molecule has 0 spiro atoms. The molecule has 0 saturated carbocycles. The summed E-state index contributed by atoms with van der Waals surface area (Å²) in [7, 11) is 0. The van der Waals surface area contributed by atoms with Crippen molar-refractivity contribution >= 4 is 35.1 Å². The molecule has 1 N–H and O–H groups in total. The Morgan fingerprint density at radius 3 is 2.58 bits per heavy atom. The van der Waals surface area contributed by atoms with E-state index in [4.69, 9.17) is 28.3 Å². The van der Waals surface area contributed by atoms with Gasteiger partial charge in [-0.1, -0.05) is 23.2 Å². The minimum atomic E-state index is -1.20. The summed E-state index contributed by atoms with van der Waals surface area (Å²) in [5, 5.41) is 18.6. The fraction of sp³-hybridized carbons (Fsp3) is 0.250. The molecule has 2 rings (SSSR count). The van der Waals surface area contributed by atoms with Crippen molar-refractivity contribution in [2.24, 2.45) is 0 Å². The number of nitriles is 1. The lowest BCUT2D eigenvalue weighted by molar-refractivity contribution is -0.142. The Bertz CT molecular complexity index is 624. The lowest BCUT2D eigenvalue weighted by Gasteiger charge is -2.24. The standard InChI is InChI=1S/C12H8Cl2N2O3/c1-5(12(18)19)16-8(4-15)9-6(13)2-3-7(14)10(9)11(16)17/h2-3,5,8H,1H3,(H,18,19). The number of fused-ring (bicyclic) bond motifs is 1. The summed E-state index contributed by atoms with van der Waals surface area (Å²) in [6, 6.07) is 2.65. The van der Waals surface area contributed by atoms with E-state index < -0.39 is 24.0 Å². The van der Waals surface area contributed by atoms with Gasteiger partial charge < -0.3 is 10.0 Å². The van der Waals surface area contributed by atoms with Crippen LogP contribution in [0.4, 0.5) is 0 Å². The molecule has 19 heavy (non-hydrogen) atoms. The molecule has 1 aromatic rings. The van der Waals surface area contributed by atoms with Crippen LogP contribution in [-0.2, 0) is 4.79 Å². The molecular formula is C12H8Cl2N2O3. The van der Waals surface area contributed by atoms with E-state index in [0.717, 1.165) is 4.90 Å². The topological polar surface area (TPSA) is 81.4 Å². The van der Waals surface area contributed by atoms with Gasteiger partial charge >= 0.3 is 5.97 Å². The molecule has 7 heteroatoms. The number of aliphatic carboxylic acids is 1. The Morgan fingerprint density at radius 2 is 2.05 bits per heavy atom. The molecule has 1 aromatic carbocycles. The molecule has 1 heterocycles. The van der Waals surface area contributed by atoms with Crippen molar-refractivity contribution in [3.63, 3.8) is 0 Å². The molecule has 0 fully saturated rings. The number of carbonyl (C=O) groups excluding carboxylic acids is 1. The van der Waals surface area contributed by atoms with Crippen LogP contribution >= 0.6 is 23.2 Å². The van der Waals surface area contributed by atoms with Crippen LogP contribution in [0, 0.1) is 11.3 Å². The third-order valence-corrected chi connectivity index (χ3v) is 3.68. The van der Waals surface area contributed by atoms with Gasteiger partial charge in [-0.05, 0) is 19.1 Å². The highest BCUT2D eigenvalue weighted by molar-refractivity contribution is 6.37. The highest BCUT2D eigenvalue weighted by Gasteiger charge is 2.44. The number of nitrogens with zero attached hydrogens (tertiary/aromatic N) is 2. The monoisotopic (exact) mass is 298 g/mol. The number of carbonyl (C=O) groups is 2. The van der Waals surface area contributed by atoms with Gasteiger partial charge in [0.2, 0.25) is 0 Å². The molecule has 0 radical (unpaired) electrons. The molecule has 0 aromatic heterocycles. The van der Waals surface area contributed by atoms with Gasteiger partial charge in [0.05, 0.1) is 16.7 Å². The fourth-order valence-corrected chi connectivity index (χ4v) is 2.59. The van der Waals surface area contributed by atoms with Crippen molar-refractivity contribution in [2.75, 3.05) is 0 Å². The van der Waals surface area contributed by atoms with Crippen molar-refractivity contribution in [1.29, 1.82) is 5.26 Å². The van der Waals surface area contributed by atoms with Gasteiger partial charge in [0.25, 0.3) is 5.91 Å². The van der Waals surface area contributed by atoms with Crippen molar-refractivity contribution in [3.8, 4) is 6.07 Å². The number of carboxylic acid groups (broad SMARTS) is 1. The summed E-state index contributed by atoms with van der Waals surface area (Å²) in [6.07, 6.45) is 0. The SMILES string of the molecule is CC(C(=O)O)N1C(=O)c2c(Cl)ccc(Cl)c2C1C#N. The van der Waals surface area contributed by atoms with Gasteiger partial charge in [0.1, 0.15) is 12.1 Å². The third-order valence-electron chi connectivity index (χ3n) is 3.04. The molecule has 2 unspecified atom stereocenters. The molecule has 1 aliphatic rings. The lowest BCUT2D eigenvalue weighted by atomic mass is 10.1. The summed E-state index contributed by atoms with van der Waals surface area (Å²) in [4.78, 5) is 24.3. The number of halogens is 2. The second-order valence-corrected chi connectivity index (χ2v) is 4.89. The second-order valence-electron chi connectivity index (χ2n) is 4.08. The number of hydrogen-bond acceptors (Lipinski definition) is 3. The van der Waals surface area contributed by atoms with E-state index in [0.29, 0.717) is 0 Å². The number of carboxylic acids is 1. The van der Waals surface area contributed by atoms with Crippen LogP contribution < -0.4 is 0 Å². The Hall–Kier alpha value is -1.77. The van der Waals surface area contributed by atoms with E-state index in [9.17, 15) is 14.9 Å². The smallest absolute Gasteiger partial charge is 0.326 e. The van der Waals surface area contributed by atoms with Crippen LogP contribution in [0.3, 0.4) is 0 Å². The van der Waals surface area contributed by atoms with Crippen LogP contribution in [0.1, 0.15) is 28.9 Å². The predicted octanol–water partition coefficient (Wildman–Crippen LogP) is 2.49. The summed E-state index contributed by atoms with van der Waals surface area (Å²) >= 11 is 11.9. The minimum Gasteiger partial charge on any atom is -0.480 e. The first-order valence-electron chi connectivity index (χ1n) is 5.33. The molecule has 0 bridgehead atoms. The predicted molar refractivity (Wildman–Crippen MR) is 68.1 cm³/mol. The molecule has 1 amide bonds. The highest BCUT2D eigenvalue weighted by atomic mass is 35.5. The zero-order chi connectivity index (χ0) is 14.3. The van der Waals surface area contributed by atoms with Gasteiger partial charge in [0.15, 0.2) is 0 Å². The molecule has 98 valence electrons. The van der Waals surface area contributed by atoms with E-state index in [-0.39, 0.29) is 21.2 Å². The first-order valence-corrected chi connectivity index (χ1v) is 6.08. The van der Waals surface area contributed by atoms with E-state index in [2.05, 4.69) is 0 Å². The molecule has 2 atom stereocenters. The number of rotatable bonds is 2. The average Bonchev–Trinajstić information content (AvgIpc) is 2.67. The number of amides is 1. The fourth-order valence-electron chi connectivity index (χ4n) is 2.08. The number of hydrogen-bond donors (Lipinski definition) is 1. The lowest BCUT2D eigenvalue weighted by Crippen LogP contribution is -2.41. The summed E-state index contributed by atoms with van der Waals surface area (Å²) in [6.45, 7) is 1.33. The Kier molecular flexibility index (Phi) is 3.40. The van der Waals surface area contributed by atoms with Crippen LogP contribution in [-0.4, -0.2) is 27.9 Å². The zero-order valence-corrected chi connectivity index (χ0v) is 11.2. The molecule has 5 nitrogen and oxygen atoms in total. The van der Waals surface area contributed by atoms with Gasteiger partial charge in [-0.3, -0.25) is 4.79 Å². The van der Waals surface area contributed by atoms with Gasteiger partial charge in [0, 0.05) is 10.6 Å². The summed E-state index contributed by atoms with van der Waals surface area (Å²) in [5.41, 5.74) is 0.378. The molecule has 0 aliphatic carbocycles. The minimum absolute atomic E-state index is 0.105. The normalized spacial score (nSPS) is 18.9. The largest absolute Gasteiger partial charge is 0.480 e. The first-order chi connectivity index (χ1) is 8.90. The maximum Gasteiger partial charge on any atom is 0.326 e. The summed E-state index contributed by atoms with van der Waals surface area (Å²) < 4.78 is 0. The Morgan fingerprint density at radius 1 is 1.47 bits per heavy atom. The quantitative estimate of drug-likeness (QED) is 0.909. The van der Waals surface area contributed by atoms with E-state index in [1.807, 2.05) is 6.07 Å². The van der Waals surface area contributed by atoms with Crippen LogP contribution in [0.5, 0.6) is 0 Å². The van der Waals surface area contributed by atoms with Gasteiger partial charge in [-0.25, -0.2) is 4.79 Å². The highest BCUT2D eigenvalue weighted by Crippen LogP contribution is 2.42. The van der Waals surface area contributed by atoms with Crippen molar-refractivity contribution < 1.29 is 14.7 Å². The molecular weight excluding hydrogens is 291 g/mol. The van der Waals surface area contributed by atoms with Gasteiger partial charge in [-0.15, -0.1) is 0 Å². The Labute approximate surface area is 118 Å². The third kappa shape index (κ3) is 1.93. The molecule has 0 saturated heterocycles. The van der Waals surface area contributed by atoms with Crippen molar-refractivity contribution in [1.82, 2.24) is 4.90 Å². The van der Waals surface area contributed by atoms with E-state index in [1.54, 1.807) is 0 Å². The van der Waals surface area contributed by atoms with Crippen LogP contribution in [0.25, 0.3) is 0 Å². The van der Waals surface area contributed by atoms with Crippen molar-refractivity contribution in [3.05, 3.63) is 33.3 Å². The van der Waals surface area contributed by atoms with E-state index >= 15 is 0 Å². The summed E-state index contributed by atoms with van der Waals surface area (Å²) in [5.74, 6) is -1.79. The van der Waals surface area contributed by atoms with Crippen LogP contribution in [0.15, 0.2) is 12.1 Å². The Balaban J connectivity index is 2.65. The second kappa shape index (κ2) is 4.72.